The van der Waals surface area contributed by atoms with Crippen LogP contribution in [0.5, 0.6) is 5.75 Å². The third-order valence-corrected chi connectivity index (χ3v) is 7.99. The van der Waals surface area contributed by atoms with Crippen molar-refractivity contribution in [2.24, 2.45) is 5.92 Å². The first-order valence-corrected chi connectivity index (χ1v) is 14.2. The standard InChI is InChI=1S/C30H31F4N7O2/c1-42-25-4-2-3-23(31)28(25)29-35-10-5-26(39-29)38-27-15-24(40-11-6-20(7-12-40)30(32,33)34)22(17-36-27)19-16-37-41(18-19)21-8-13-43-14-9-21/h2-5,10,15-18,20-21H,6-9,11-14H2,1H3,(H,35,36,38,39). The van der Waals surface area contributed by atoms with Gasteiger partial charge in [-0.1, -0.05) is 6.07 Å². The molecule has 6 rings (SSSR count). The lowest BCUT2D eigenvalue weighted by molar-refractivity contribution is -0.179. The molecule has 2 aliphatic heterocycles. The fourth-order valence-corrected chi connectivity index (χ4v) is 5.64. The first-order valence-electron chi connectivity index (χ1n) is 14.2. The van der Waals surface area contributed by atoms with Crippen molar-refractivity contribution in [1.29, 1.82) is 0 Å². The molecule has 226 valence electrons. The first kappa shape index (κ1) is 28.8. The second-order valence-corrected chi connectivity index (χ2v) is 10.6. The Kier molecular flexibility index (Phi) is 8.15. The van der Waals surface area contributed by atoms with E-state index in [0.29, 0.717) is 30.6 Å². The number of pyridine rings is 1. The molecule has 5 heterocycles. The minimum Gasteiger partial charge on any atom is -0.496 e. The molecule has 0 amide bonds. The van der Waals surface area contributed by atoms with Gasteiger partial charge in [-0.15, -0.1) is 0 Å². The molecule has 1 aromatic carbocycles. The number of nitrogens with one attached hydrogen (secondary N) is 1. The highest BCUT2D eigenvalue weighted by Crippen LogP contribution is 2.39. The number of benzene rings is 1. The Hall–Kier alpha value is -4.26. The predicted octanol–water partition coefficient (Wildman–Crippen LogP) is 6.42. The molecule has 13 heteroatoms. The van der Waals surface area contributed by atoms with Gasteiger partial charge in [0.15, 0.2) is 5.82 Å². The summed E-state index contributed by atoms with van der Waals surface area (Å²) in [6, 6.07) is 8.12. The van der Waals surface area contributed by atoms with E-state index >= 15 is 0 Å². The third-order valence-electron chi connectivity index (χ3n) is 7.99. The van der Waals surface area contributed by atoms with Gasteiger partial charge in [0.25, 0.3) is 0 Å². The number of methoxy groups -OCH3 is 1. The molecule has 0 saturated carbocycles. The zero-order valence-corrected chi connectivity index (χ0v) is 23.5. The van der Waals surface area contributed by atoms with Gasteiger partial charge < -0.3 is 19.7 Å². The number of piperidine rings is 1. The van der Waals surface area contributed by atoms with Gasteiger partial charge in [-0.3, -0.25) is 4.68 Å². The zero-order valence-electron chi connectivity index (χ0n) is 23.5. The van der Waals surface area contributed by atoms with Gasteiger partial charge in [0.05, 0.1) is 30.8 Å². The summed E-state index contributed by atoms with van der Waals surface area (Å²) < 4.78 is 67.7. The van der Waals surface area contributed by atoms with Crippen molar-refractivity contribution in [3.63, 3.8) is 0 Å². The molecule has 2 saturated heterocycles. The van der Waals surface area contributed by atoms with Crippen LogP contribution in [0.2, 0.25) is 0 Å². The van der Waals surface area contributed by atoms with Gasteiger partial charge in [0.2, 0.25) is 0 Å². The van der Waals surface area contributed by atoms with Gasteiger partial charge >= 0.3 is 6.18 Å². The van der Waals surface area contributed by atoms with Crippen LogP contribution in [0.3, 0.4) is 0 Å². The van der Waals surface area contributed by atoms with E-state index in [1.807, 2.05) is 15.8 Å². The average Bonchev–Trinajstić information content (AvgIpc) is 3.51. The Balaban J connectivity index is 1.31. The molecule has 2 aliphatic rings. The smallest absolute Gasteiger partial charge is 0.391 e. The molecule has 0 aliphatic carbocycles. The molecular weight excluding hydrogens is 566 g/mol. The van der Waals surface area contributed by atoms with E-state index in [1.54, 1.807) is 30.6 Å². The Morgan fingerprint density at radius 1 is 1.00 bits per heavy atom. The van der Waals surface area contributed by atoms with E-state index in [4.69, 9.17) is 9.47 Å². The van der Waals surface area contributed by atoms with Crippen molar-refractivity contribution in [2.45, 2.75) is 37.9 Å². The van der Waals surface area contributed by atoms with Crippen molar-refractivity contribution in [3.8, 4) is 28.3 Å². The van der Waals surface area contributed by atoms with E-state index in [1.165, 1.54) is 25.4 Å². The van der Waals surface area contributed by atoms with Crippen molar-refractivity contribution in [2.75, 3.05) is 43.6 Å². The fourth-order valence-electron chi connectivity index (χ4n) is 5.64. The lowest BCUT2D eigenvalue weighted by atomic mass is 9.95. The van der Waals surface area contributed by atoms with Crippen molar-refractivity contribution < 1.29 is 27.0 Å². The summed E-state index contributed by atoms with van der Waals surface area (Å²) >= 11 is 0. The second kappa shape index (κ2) is 12.2. The lowest BCUT2D eigenvalue weighted by Crippen LogP contribution is -2.39. The minimum atomic E-state index is -4.21. The maximum atomic E-state index is 14.7. The molecule has 4 aromatic rings. The maximum Gasteiger partial charge on any atom is 0.391 e. The average molecular weight is 598 g/mol. The molecular formula is C30H31F4N7O2. The van der Waals surface area contributed by atoms with Crippen molar-refractivity contribution in [1.82, 2.24) is 24.7 Å². The number of halogens is 4. The summed E-state index contributed by atoms with van der Waals surface area (Å²) in [6.45, 7) is 1.85. The monoisotopic (exact) mass is 597 g/mol. The van der Waals surface area contributed by atoms with Crippen LogP contribution in [0.1, 0.15) is 31.7 Å². The van der Waals surface area contributed by atoms with Crippen LogP contribution in [0, 0.1) is 11.7 Å². The van der Waals surface area contributed by atoms with E-state index in [2.05, 4.69) is 25.4 Å². The van der Waals surface area contributed by atoms with Gasteiger partial charge in [-0.25, -0.2) is 19.3 Å². The van der Waals surface area contributed by atoms with Crippen LogP contribution in [-0.2, 0) is 4.74 Å². The number of nitrogens with zero attached hydrogens (tertiary/aromatic N) is 6. The van der Waals surface area contributed by atoms with E-state index < -0.39 is 17.9 Å². The van der Waals surface area contributed by atoms with Crippen molar-refractivity contribution in [3.05, 3.63) is 60.9 Å². The molecule has 2 fully saturated rings. The topological polar surface area (TPSA) is 90.2 Å². The molecule has 0 spiro atoms. The highest BCUT2D eigenvalue weighted by Gasteiger charge is 2.41. The Morgan fingerprint density at radius 2 is 1.79 bits per heavy atom. The van der Waals surface area contributed by atoms with Crippen LogP contribution < -0.4 is 15.0 Å². The molecule has 0 atom stereocenters. The van der Waals surface area contributed by atoms with E-state index in [9.17, 15) is 17.6 Å². The summed E-state index contributed by atoms with van der Waals surface area (Å²) in [4.78, 5) is 15.3. The van der Waals surface area contributed by atoms with Gasteiger partial charge in [-0.2, -0.15) is 18.3 Å². The molecule has 1 N–H and O–H groups in total. The molecule has 0 radical (unpaired) electrons. The normalized spacial score (nSPS) is 16.8. The fraction of sp³-hybridized carbons (Fsp3) is 0.400. The summed E-state index contributed by atoms with van der Waals surface area (Å²) in [7, 11) is 1.44. The van der Waals surface area contributed by atoms with Gasteiger partial charge in [0.1, 0.15) is 23.2 Å². The van der Waals surface area contributed by atoms with Crippen LogP contribution in [0.4, 0.5) is 34.9 Å². The number of hydrogen-bond donors (Lipinski definition) is 1. The van der Waals surface area contributed by atoms with E-state index in [-0.39, 0.29) is 43.4 Å². The lowest BCUT2D eigenvalue weighted by Gasteiger charge is -2.35. The molecule has 43 heavy (non-hydrogen) atoms. The van der Waals surface area contributed by atoms with Gasteiger partial charge in [0, 0.05) is 67.8 Å². The number of ether oxygens (including phenoxy) is 2. The van der Waals surface area contributed by atoms with Crippen LogP contribution in [0.15, 0.2) is 55.1 Å². The largest absolute Gasteiger partial charge is 0.496 e. The van der Waals surface area contributed by atoms with Crippen LogP contribution >= 0.6 is 0 Å². The predicted molar refractivity (Wildman–Crippen MR) is 153 cm³/mol. The first-order chi connectivity index (χ1) is 20.8. The second-order valence-electron chi connectivity index (χ2n) is 10.6. The highest BCUT2D eigenvalue weighted by atomic mass is 19.4. The number of aromatic nitrogens is 5. The minimum absolute atomic E-state index is 0.00903. The Bertz CT molecular complexity index is 1560. The zero-order chi connectivity index (χ0) is 30.0. The highest BCUT2D eigenvalue weighted by molar-refractivity contribution is 5.80. The van der Waals surface area contributed by atoms with Crippen LogP contribution in [0.25, 0.3) is 22.5 Å². The number of hydrogen-bond acceptors (Lipinski definition) is 8. The molecule has 0 bridgehead atoms. The number of anilines is 3. The third kappa shape index (κ3) is 6.26. The number of alkyl halides is 3. The SMILES string of the molecule is COc1cccc(F)c1-c1nccc(Nc2cc(N3CCC(C(F)(F)F)CC3)c(-c3cnn(C4CCOCC4)c3)cn2)n1. The molecule has 3 aromatic heterocycles. The van der Waals surface area contributed by atoms with E-state index in [0.717, 1.165) is 29.7 Å². The molecule has 0 unspecified atom stereocenters. The summed E-state index contributed by atoms with van der Waals surface area (Å²) in [5, 5.41) is 7.74. The Morgan fingerprint density at radius 3 is 2.53 bits per heavy atom. The van der Waals surface area contributed by atoms with Gasteiger partial charge in [-0.05, 0) is 43.9 Å². The number of rotatable bonds is 7. The van der Waals surface area contributed by atoms with Crippen LogP contribution in [-0.4, -0.2) is 64.3 Å². The summed E-state index contributed by atoms with van der Waals surface area (Å²) in [6.07, 6.45) is 4.45. The maximum absolute atomic E-state index is 14.7. The van der Waals surface area contributed by atoms with Crippen molar-refractivity contribution >= 4 is 17.3 Å². The summed E-state index contributed by atoms with van der Waals surface area (Å²) in [5.41, 5.74) is 2.48. The summed E-state index contributed by atoms with van der Waals surface area (Å²) in [5.74, 6) is -0.622. The quantitative estimate of drug-likeness (QED) is 0.244. The molecule has 9 nitrogen and oxygen atoms in total. The Labute approximate surface area is 245 Å².